The van der Waals surface area contributed by atoms with Gasteiger partial charge in [-0.25, -0.2) is 4.98 Å². The molecule has 0 aromatic carbocycles. The van der Waals surface area contributed by atoms with Crippen LogP contribution in [0.1, 0.15) is 30.8 Å². The van der Waals surface area contributed by atoms with E-state index in [-0.39, 0.29) is 5.91 Å². The number of halogens is 1. The lowest BCUT2D eigenvalue weighted by Gasteiger charge is -2.05. The smallest absolute Gasteiger partial charge is 0.244 e. The number of nitrogens with one attached hydrogen (secondary N) is 1. The molecule has 1 amide bonds. The van der Waals surface area contributed by atoms with Gasteiger partial charge in [0.1, 0.15) is 10.8 Å². The Morgan fingerprint density at radius 2 is 2.19 bits per heavy atom. The van der Waals surface area contributed by atoms with Crippen molar-refractivity contribution < 1.29 is 4.79 Å². The topological polar surface area (TPSA) is 64.2 Å². The zero-order chi connectivity index (χ0) is 19.4. The highest BCUT2D eigenvalue weighted by molar-refractivity contribution is 6.31. The molecule has 3 heterocycles. The Hall–Kier alpha value is -2.60. The third kappa shape index (κ3) is 4.77. The molecule has 142 valence electrons. The fourth-order valence-corrected chi connectivity index (χ4v) is 3.17. The van der Waals surface area contributed by atoms with Crippen LogP contribution in [0.3, 0.4) is 0 Å². The number of hydrogen-bond donors (Lipinski definition) is 1. The van der Waals surface area contributed by atoms with Gasteiger partial charge in [-0.05, 0) is 31.1 Å². The van der Waals surface area contributed by atoms with Crippen LogP contribution >= 0.6 is 11.6 Å². The summed E-state index contributed by atoms with van der Waals surface area (Å²) < 4.78 is 3.75. The summed E-state index contributed by atoms with van der Waals surface area (Å²) in [6.07, 6.45) is 7.83. The Morgan fingerprint density at radius 1 is 1.37 bits per heavy atom. The van der Waals surface area contributed by atoms with Crippen molar-refractivity contribution in [3.05, 3.63) is 58.8 Å². The number of nitrogens with zero attached hydrogens (tertiary/aromatic N) is 4. The van der Waals surface area contributed by atoms with Gasteiger partial charge in [0.25, 0.3) is 0 Å². The zero-order valence-electron chi connectivity index (χ0n) is 15.8. The number of fused-ring (bicyclic) bond motifs is 1. The Balaban J connectivity index is 1.55. The van der Waals surface area contributed by atoms with Crippen LogP contribution in [0.25, 0.3) is 11.7 Å². The monoisotopic (exact) mass is 385 g/mol. The normalized spacial score (nSPS) is 11.7. The number of rotatable bonds is 7. The van der Waals surface area contributed by atoms with Crippen molar-refractivity contribution in [3.63, 3.8) is 0 Å². The predicted octanol–water partition coefficient (Wildman–Crippen LogP) is 3.52. The number of aromatic nitrogens is 4. The van der Waals surface area contributed by atoms with Crippen LogP contribution in [0.15, 0.2) is 36.7 Å². The van der Waals surface area contributed by atoms with Gasteiger partial charge in [0, 0.05) is 43.5 Å². The Kier molecular flexibility index (Phi) is 5.96. The lowest BCUT2D eigenvalue weighted by molar-refractivity contribution is -0.116. The van der Waals surface area contributed by atoms with Gasteiger partial charge in [0.15, 0.2) is 0 Å². The Bertz CT molecular complexity index is 937. The summed E-state index contributed by atoms with van der Waals surface area (Å²) in [4.78, 5) is 16.6. The first-order valence-corrected chi connectivity index (χ1v) is 9.43. The molecule has 0 fully saturated rings. The number of hydrogen-bond acceptors (Lipinski definition) is 3. The Morgan fingerprint density at radius 3 is 2.93 bits per heavy atom. The van der Waals surface area contributed by atoms with E-state index in [9.17, 15) is 4.79 Å². The lowest BCUT2D eigenvalue weighted by Crippen LogP contribution is -2.23. The fourth-order valence-electron chi connectivity index (χ4n) is 2.86. The summed E-state index contributed by atoms with van der Waals surface area (Å²) >= 11 is 6.39. The summed E-state index contributed by atoms with van der Waals surface area (Å²) in [5.41, 5.74) is 3.45. The van der Waals surface area contributed by atoms with Crippen LogP contribution in [0.5, 0.6) is 0 Å². The van der Waals surface area contributed by atoms with Crippen molar-refractivity contribution in [1.82, 2.24) is 24.5 Å². The van der Waals surface area contributed by atoms with Crippen molar-refractivity contribution in [2.45, 2.75) is 33.7 Å². The molecule has 6 nitrogen and oxygen atoms in total. The van der Waals surface area contributed by atoms with Gasteiger partial charge in [0.05, 0.1) is 11.4 Å². The van der Waals surface area contributed by atoms with Crippen molar-refractivity contribution in [2.24, 2.45) is 5.92 Å². The van der Waals surface area contributed by atoms with Crippen LogP contribution < -0.4 is 5.32 Å². The van der Waals surface area contributed by atoms with E-state index in [1.54, 1.807) is 10.8 Å². The first-order valence-electron chi connectivity index (χ1n) is 9.05. The van der Waals surface area contributed by atoms with E-state index in [0.29, 0.717) is 24.0 Å². The van der Waals surface area contributed by atoms with E-state index in [0.717, 1.165) is 29.1 Å². The van der Waals surface area contributed by atoms with Gasteiger partial charge in [-0.1, -0.05) is 31.5 Å². The number of imidazole rings is 1. The molecular weight excluding hydrogens is 362 g/mol. The summed E-state index contributed by atoms with van der Waals surface area (Å²) in [5, 5.41) is 7.89. The molecule has 3 aromatic heterocycles. The summed E-state index contributed by atoms with van der Waals surface area (Å²) in [6.45, 7) is 7.38. The molecule has 1 N–H and O–H groups in total. The summed E-state index contributed by atoms with van der Waals surface area (Å²) in [5.74, 6) is 0.285. The van der Waals surface area contributed by atoms with Crippen LogP contribution in [-0.4, -0.2) is 31.6 Å². The van der Waals surface area contributed by atoms with Crippen LogP contribution in [0, 0.1) is 12.8 Å². The highest BCUT2D eigenvalue weighted by atomic mass is 35.5. The quantitative estimate of drug-likeness (QED) is 0.633. The van der Waals surface area contributed by atoms with E-state index >= 15 is 0 Å². The molecule has 27 heavy (non-hydrogen) atoms. The SMILES string of the molecule is Cc1nn(CC(C)C)c(Cl)c1/C=C/C(=O)NCCc1cn2ccccc2n1. The van der Waals surface area contributed by atoms with E-state index in [1.807, 2.05) is 41.9 Å². The molecule has 0 unspecified atom stereocenters. The van der Waals surface area contributed by atoms with Crippen LogP contribution in [-0.2, 0) is 17.8 Å². The summed E-state index contributed by atoms with van der Waals surface area (Å²) in [7, 11) is 0. The number of pyridine rings is 1. The maximum atomic E-state index is 12.1. The van der Waals surface area contributed by atoms with E-state index < -0.39 is 0 Å². The Labute approximate surface area is 163 Å². The van der Waals surface area contributed by atoms with Crippen molar-refractivity contribution >= 4 is 29.2 Å². The molecule has 0 spiro atoms. The van der Waals surface area contributed by atoms with Gasteiger partial charge >= 0.3 is 0 Å². The number of aryl methyl sites for hydroxylation is 1. The molecule has 0 bridgehead atoms. The van der Waals surface area contributed by atoms with Gasteiger partial charge in [-0.2, -0.15) is 5.10 Å². The first-order chi connectivity index (χ1) is 12.9. The fraction of sp³-hybridized carbons (Fsp3) is 0.350. The average Bonchev–Trinajstić information content (AvgIpc) is 3.13. The van der Waals surface area contributed by atoms with E-state index in [2.05, 4.69) is 29.2 Å². The molecule has 0 aliphatic rings. The van der Waals surface area contributed by atoms with Crippen molar-refractivity contribution in [3.8, 4) is 0 Å². The zero-order valence-corrected chi connectivity index (χ0v) is 16.6. The van der Waals surface area contributed by atoms with Crippen LogP contribution in [0.2, 0.25) is 5.15 Å². The molecule has 0 saturated heterocycles. The second kappa shape index (κ2) is 8.39. The molecule has 7 heteroatoms. The van der Waals surface area contributed by atoms with E-state index in [1.165, 1.54) is 6.08 Å². The third-order valence-electron chi connectivity index (χ3n) is 4.14. The maximum Gasteiger partial charge on any atom is 0.244 e. The molecular formula is C20H24ClN5O. The minimum absolute atomic E-state index is 0.161. The first kappa shape index (κ1) is 19.2. The largest absolute Gasteiger partial charge is 0.352 e. The minimum atomic E-state index is -0.161. The molecule has 3 aromatic rings. The second-order valence-electron chi connectivity index (χ2n) is 6.94. The number of carbonyl (C=O) groups excluding carboxylic acids is 1. The highest BCUT2D eigenvalue weighted by Crippen LogP contribution is 2.22. The third-order valence-corrected chi connectivity index (χ3v) is 4.54. The predicted molar refractivity (Wildman–Crippen MR) is 108 cm³/mol. The minimum Gasteiger partial charge on any atom is -0.352 e. The lowest BCUT2D eigenvalue weighted by atomic mass is 10.2. The van der Waals surface area contributed by atoms with Crippen molar-refractivity contribution in [1.29, 1.82) is 0 Å². The molecule has 0 radical (unpaired) electrons. The number of amides is 1. The summed E-state index contributed by atoms with van der Waals surface area (Å²) in [6, 6.07) is 5.87. The number of carbonyl (C=O) groups is 1. The van der Waals surface area contributed by atoms with Gasteiger partial charge in [-0.15, -0.1) is 0 Å². The van der Waals surface area contributed by atoms with Crippen LogP contribution in [0.4, 0.5) is 0 Å². The average molecular weight is 386 g/mol. The van der Waals surface area contributed by atoms with Gasteiger partial charge in [-0.3, -0.25) is 9.48 Å². The molecule has 3 rings (SSSR count). The van der Waals surface area contributed by atoms with E-state index in [4.69, 9.17) is 11.6 Å². The van der Waals surface area contributed by atoms with Gasteiger partial charge < -0.3 is 9.72 Å². The molecule has 0 saturated carbocycles. The highest BCUT2D eigenvalue weighted by Gasteiger charge is 2.12. The standard InChI is InChI=1S/C20H24ClN5O/c1-14(2)12-26-20(21)17(15(3)24-26)7-8-19(27)22-10-9-16-13-25-11-5-4-6-18(25)23-16/h4-8,11,13-14H,9-10,12H2,1-3H3,(H,22,27)/b8-7+. The molecule has 0 aliphatic carbocycles. The molecule has 0 aliphatic heterocycles. The van der Waals surface area contributed by atoms with Gasteiger partial charge in [0.2, 0.25) is 5.91 Å². The second-order valence-corrected chi connectivity index (χ2v) is 7.30. The molecule has 0 atom stereocenters. The maximum absolute atomic E-state index is 12.1. The van der Waals surface area contributed by atoms with Crippen molar-refractivity contribution in [2.75, 3.05) is 6.54 Å².